The minimum Gasteiger partial charge on any atom is -0.387 e. The third-order valence-corrected chi connectivity index (χ3v) is 6.67. The number of ketones is 1. The van der Waals surface area contributed by atoms with Crippen LogP contribution in [0.2, 0.25) is 0 Å². The number of hydrogen-bond acceptors (Lipinski definition) is 7. The van der Waals surface area contributed by atoms with E-state index in [0.29, 0.717) is 55.0 Å². The Morgan fingerprint density at radius 2 is 1.36 bits per heavy atom. The fraction of sp³-hybridized carbons (Fsp3) is 0.409. The highest BCUT2D eigenvalue weighted by atomic mass is 32.2. The van der Waals surface area contributed by atoms with Crippen molar-refractivity contribution in [2.24, 2.45) is 5.92 Å². The summed E-state index contributed by atoms with van der Waals surface area (Å²) in [4.78, 5) is 14.9. The third-order valence-electron chi connectivity index (χ3n) is 5.46. The summed E-state index contributed by atoms with van der Waals surface area (Å²) in [5, 5.41) is 10.6. The predicted octanol–water partition coefficient (Wildman–Crippen LogP) is 2.06. The largest absolute Gasteiger partial charge is 0.387 e. The molecule has 180 valence electrons. The van der Waals surface area contributed by atoms with E-state index in [1.807, 2.05) is 0 Å². The van der Waals surface area contributed by atoms with Crippen molar-refractivity contribution in [3.8, 4) is 0 Å². The number of rotatable bonds is 9. The molecule has 1 atom stereocenters. The van der Waals surface area contributed by atoms with Crippen molar-refractivity contribution >= 4 is 37.2 Å². The van der Waals surface area contributed by atoms with Crippen molar-refractivity contribution in [3.05, 3.63) is 59.7 Å². The van der Waals surface area contributed by atoms with Gasteiger partial charge in [-0.15, -0.1) is 0 Å². The van der Waals surface area contributed by atoms with Gasteiger partial charge < -0.3 is 10.0 Å². The zero-order chi connectivity index (χ0) is 24.2. The van der Waals surface area contributed by atoms with Crippen LogP contribution in [0.4, 0.5) is 11.4 Å². The van der Waals surface area contributed by atoms with Gasteiger partial charge in [-0.2, -0.15) is 0 Å². The molecule has 0 saturated carbocycles. The van der Waals surface area contributed by atoms with Gasteiger partial charge in [0, 0.05) is 29.4 Å². The molecule has 2 aromatic carbocycles. The quantitative estimate of drug-likeness (QED) is 0.454. The van der Waals surface area contributed by atoms with Gasteiger partial charge in [-0.3, -0.25) is 14.2 Å². The van der Waals surface area contributed by atoms with Crippen LogP contribution in [0.3, 0.4) is 0 Å². The number of β-amino-alcohol motifs (C(OH)–C–C–N with tert-alkyl or cyclic N) is 1. The number of nitrogens with one attached hydrogen (secondary N) is 2. The highest BCUT2D eigenvalue weighted by Gasteiger charge is 2.27. The molecule has 0 aromatic heterocycles. The summed E-state index contributed by atoms with van der Waals surface area (Å²) in [7, 11) is -6.72. The van der Waals surface area contributed by atoms with Gasteiger partial charge >= 0.3 is 0 Å². The van der Waals surface area contributed by atoms with Crippen molar-refractivity contribution in [3.63, 3.8) is 0 Å². The molecule has 3 rings (SSSR count). The van der Waals surface area contributed by atoms with Crippen molar-refractivity contribution in [2.45, 2.75) is 18.9 Å². The number of aliphatic hydroxyl groups is 1. The summed E-state index contributed by atoms with van der Waals surface area (Å²) in [6.45, 7) is 1.77. The van der Waals surface area contributed by atoms with Gasteiger partial charge in [0.25, 0.3) is 0 Å². The molecule has 1 heterocycles. The van der Waals surface area contributed by atoms with E-state index in [-0.39, 0.29) is 11.7 Å². The number of carbonyl (C=O) groups excluding carboxylic acids is 1. The first kappa shape index (κ1) is 25.2. The molecule has 1 aliphatic heterocycles. The lowest BCUT2D eigenvalue weighted by Crippen LogP contribution is -2.38. The molecule has 1 saturated heterocycles. The zero-order valence-corrected chi connectivity index (χ0v) is 20.2. The molecule has 11 heteroatoms. The highest BCUT2D eigenvalue weighted by molar-refractivity contribution is 7.92. The lowest BCUT2D eigenvalue weighted by Gasteiger charge is -2.32. The zero-order valence-electron chi connectivity index (χ0n) is 18.6. The number of nitrogens with zero attached hydrogens (tertiary/aromatic N) is 1. The number of hydrogen-bond donors (Lipinski definition) is 3. The molecule has 0 radical (unpaired) electrons. The van der Waals surface area contributed by atoms with Crippen LogP contribution < -0.4 is 9.44 Å². The second kappa shape index (κ2) is 10.2. The fourth-order valence-electron chi connectivity index (χ4n) is 3.87. The molecule has 1 unspecified atom stereocenters. The average Bonchev–Trinajstić information content (AvgIpc) is 2.72. The van der Waals surface area contributed by atoms with E-state index in [2.05, 4.69) is 14.3 Å². The van der Waals surface area contributed by atoms with Crippen LogP contribution in [0.5, 0.6) is 0 Å². The summed E-state index contributed by atoms with van der Waals surface area (Å²) in [5.41, 5.74) is 2.09. The number of likely N-dealkylation sites (tertiary alicyclic amines) is 1. The molecule has 2 aromatic rings. The summed E-state index contributed by atoms with van der Waals surface area (Å²) < 4.78 is 50.0. The Balaban J connectivity index is 1.50. The van der Waals surface area contributed by atoms with Crippen molar-refractivity contribution in [1.29, 1.82) is 0 Å². The highest BCUT2D eigenvalue weighted by Crippen LogP contribution is 2.25. The molecule has 1 fully saturated rings. The summed E-state index contributed by atoms with van der Waals surface area (Å²) >= 11 is 0. The van der Waals surface area contributed by atoms with Gasteiger partial charge in [-0.05, 0) is 67.9 Å². The van der Waals surface area contributed by atoms with Gasteiger partial charge in [-0.25, -0.2) is 16.8 Å². The Morgan fingerprint density at radius 3 is 1.82 bits per heavy atom. The van der Waals surface area contributed by atoms with E-state index in [1.54, 1.807) is 48.5 Å². The minimum atomic E-state index is -3.36. The van der Waals surface area contributed by atoms with Crippen molar-refractivity contribution < 1.29 is 26.7 Å². The molecular weight excluding hydrogens is 466 g/mol. The van der Waals surface area contributed by atoms with Gasteiger partial charge in [-0.1, -0.05) is 12.1 Å². The molecule has 0 bridgehead atoms. The standard InChI is InChI=1S/C22H29N3O6S2/c1-32(28,29)23-19-7-3-16(4-8-19)21(26)15-25-13-11-18(12-14-25)22(27)17-5-9-20(10-6-17)24-33(2,30)31/h3-10,18,21,23-24,26H,11-15H2,1-2H3. The predicted molar refractivity (Wildman–Crippen MR) is 128 cm³/mol. The molecule has 9 nitrogen and oxygen atoms in total. The Morgan fingerprint density at radius 1 is 0.909 bits per heavy atom. The monoisotopic (exact) mass is 495 g/mol. The van der Waals surface area contributed by atoms with E-state index in [9.17, 15) is 26.7 Å². The number of piperidine rings is 1. The normalized spacial score (nSPS) is 16.8. The Bertz CT molecular complexity index is 1170. The van der Waals surface area contributed by atoms with E-state index in [4.69, 9.17) is 0 Å². The van der Waals surface area contributed by atoms with Crippen molar-refractivity contribution in [2.75, 3.05) is 41.6 Å². The number of benzene rings is 2. The number of aliphatic hydroxyl groups excluding tert-OH is 1. The number of carbonyl (C=O) groups is 1. The van der Waals surface area contributed by atoms with E-state index < -0.39 is 26.2 Å². The van der Waals surface area contributed by atoms with E-state index >= 15 is 0 Å². The number of sulfonamides is 2. The fourth-order valence-corrected chi connectivity index (χ4v) is 5.00. The Hall–Kier alpha value is -2.47. The smallest absolute Gasteiger partial charge is 0.229 e. The molecule has 0 amide bonds. The van der Waals surface area contributed by atoms with E-state index in [0.717, 1.165) is 12.5 Å². The van der Waals surface area contributed by atoms with Crippen LogP contribution >= 0.6 is 0 Å². The molecule has 1 aliphatic rings. The van der Waals surface area contributed by atoms with Gasteiger partial charge in [0.05, 0.1) is 18.6 Å². The van der Waals surface area contributed by atoms with Crippen LogP contribution in [0.15, 0.2) is 48.5 Å². The second-order valence-electron chi connectivity index (χ2n) is 8.40. The number of anilines is 2. The van der Waals surface area contributed by atoms with Crippen LogP contribution in [0, 0.1) is 5.92 Å². The van der Waals surface area contributed by atoms with Crippen LogP contribution in [-0.4, -0.2) is 64.8 Å². The molecule has 0 aliphatic carbocycles. The molecule has 3 N–H and O–H groups in total. The first-order valence-corrected chi connectivity index (χ1v) is 14.3. The van der Waals surface area contributed by atoms with Crippen LogP contribution in [0.25, 0.3) is 0 Å². The lowest BCUT2D eigenvalue weighted by atomic mass is 9.88. The van der Waals surface area contributed by atoms with Gasteiger partial charge in [0.15, 0.2) is 5.78 Å². The molecule has 33 heavy (non-hydrogen) atoms. The third kappa shape index (κ3) is 7.81. The first-order valence-electron chi connectivity index (χ1n) is 10.5. The summed E-state index contributed by atoms with van der Waals surface area (Å²) in [6.07, 6.45) is 2.77. The average molecular weight is 496 g/mol. The van der Waals surface area contributed by atoms with E-state index in [1.165, 1.54) is 0 Å². The van der Waals surface area contributed by atoms with Crippen LogP contribution in [-0.2, 0) is 20.0 Å². The van der Waals surface area contributed by atoms with Gasteiger partial charge in [0.1, 0.15) is 0 Å². The molecule has 0 spiro atoms. The SMILES string of the molecule is CS(=O)(=O)Nc1ccc(C(=O)C2CCN(CC(O)c3ccc(NS(C)(=O)=O)cc3)CC2)cc1. The lowest BCUT2D eigenvalue weighted by molar-refractivity contribution is 0.0727. The number of Topliss-reactive ketones (excluding diaryl/α,β-unsaturated/α-hetero) is 1. The Kier molecular flexibility index (Phi) is 7.78. The van der Waals surface area contributed by atoms with Gasteiger partial charge in [0.2, 0.25) is 20.0 Å². The maximum Gasteiger partial charge on any atom is 0.229 e. The molecular formula is C22H29N3O6S2. The van der Waals surface area contributed by atoms with Crippen molar-refractivity contribution in [1.82, 2.24) is 4.90 Å². The minimum absolute atomic E-state index is 0.0371. The second-order valence-corrected chi connectivity index (χ2v) is 11.9. The Labute approximate surface area is 194 Å². The summed E-state index contributed by atoms with van der Waals surface area (Å²) in [6, 6.07) is 13.0. The topological polar surface area (TPSA) is 133 Å². The maximum absolute atomic E-state index is 12.8. The summed E-state index contributed by atoms with van der Waals surface area (Å²) in [5.74, 6) is -0.0801. The van der Waals surface area contributed by atoms with Crippen LogP contribution in [0.1, 0.15) is 34.9 Å². The first-order chi connectivity index (χ1) is 15.4. The maximum atomic E-state index is 12.8.